The predicted octanol–water partition coefficient (Wildman–Crippen LogP) is 2.51. The highest BCUT2D eigenvalue weighted by molar-refractivity contribution is 5.96. The summed E-state index contributed by atoms with van der Waals surface area (Å²) >= 11 is 0. The van der Waals surface area contributed by atoms with Crippen LogP contribution in [0.4, 0.5) is 13.2 Å². The molecule has 1 heterocycles. The summed E-state index contributed by atoms with van der Waals surface area (Å²) in [6.45, 7) is 3.66. The molecule has 0 unspecified atom stereocenters. The Morgan fingerprint density at radius 1 is 1.26 bits per heavy atom. The van der Waals surface area contributed by atoms with E-state index in [-0.39, 0.29) is 19.1 Å². The lowest BCUT2D eigenvalue weighted by atomic mass is 10.1. The Hall–Kier alpha value is -1.50. The quantitative estimate of drug-likeness (QED) is 0.843. The normalized spacial score (nSPS) is 11.7. The molecule has 0 aliphatic heterocycles. The molecule has 0 saturated heterocycles. The van der Waals surface area contributed by atoms with Crippen LogP contribution in [0, 0.1) is 20.8 Å². The summed E-state index contributed by atoms with van der Waals surface area (Å²) in [5.41, 5.74) is 1.15. The fourth-order valence-electron chi connectivity index (χ4n) is 1.64. The zero-order valence-corrected chi connectivity index (χ0v) is 11.0. The smallest absolute Gasteiger partial charge is 0.411 e. The Bertz CT molecular complexity index is 452. The Balaban J connectivity index is 2.40. The summed E-state index contributed by atoms with van der Waals surface area (Å²) in [5.74, 6) is 0.766. The maximum absolute atomic E-state index is 11.8. The Morgan fingerprint density at radius 2 is 1.89 bits per heavy atom. The van der Waals surface area contributed by atoms with E-state index in [9.17, 15) is 18.0 Å². The van der Waals surface area contributed by atoms with Crippen LogP contribution in [0.2, 0.25) is 0 Å². The summed E-state index contributed by atoms with van der Waals surface area (Å²) in [5, 5.41) is 2.49. The van der Waals surface area contributed by atoms with Crippen LogP contribution in [0.25, 0.3) is 0 Å². The van der Waals surface area contributed by atoms with Crippen molar-refractivity contribution < 1.29 is 27.1 Å². The van der Waals surface area contributed by atoms with Crippen LogP contribution >= 0.6 is 0 Å². The molecule has 4 nitrogen and oxygen atoms in total. The molecular weight excluding hydrogens is 263 g/mol. The number of carbonyl (C=O) groups is 1. The molecule has 1 rings (SSSR count). The minimum absolute atomic E-state index is 0.0119. The molecule has 0 bridgehead atoms. The number of hydrogen-bond acceptors (Lipinski definition) is 3. The van der Waals surface area contributed by atoms with Crippen molar-refractivity contribution in [1.29, 1.82) is 0 Å². The topological polar surface area (TPSA) is 51.5 Å². The third-order valence-corrected chi connectivity index (χ3v) is 2.59. The third-order valence-electron chi connectivity index (χ3n) is 2.59. The molecule has 0 atom stereocenters. The van der Waals surface area contributed by atoms with Gasteiger partial charge in [-0.3, -0.25) is 4.79 Å². The second-order valence-corrected chi connectivity index (χ2v) is 4.14. The molecule has 108 valence electrons. The van der Waals surface area contributed by atoms with E-state index in [0.29, 0.717) is 17.1 Å². The van der Waals surface area contributed by atoms with Crippen LogP contribution in [0.15, 0.2) is 4.42 Å². The van der Waals surface area contributed by atoms with Crippen LogP contribution < -0.4 is 5.32 Å². The van der Waals surface area contributed by atoms with Crippen molar-refractivity contribution >= 4 is 5.91 Å². The van der Waals surface area contributed by atoms with Crippen molar-refractivity contribution in [2.24, 2.45) is 0 Å². The van der Waals surface area contributed by atoms with E-state index >= 15 is 0 Å². The molecule has 1 aromatic heterocycles. The number of furan rings is 1. The van der Waals surface area contributed by atoms with E-state index in [1.54, 1.807) is 20.8 Å². The number of alkyl halides is 3. The van der Waals surface area contributed by atoms with Gasteiger partial charge in [0, 0.05) is 12.1 Å². The highest BCUT2D eigenvalue weighted by Gasteiger charge is 2.27. The number of amides is 1. The first kappa shape index (κ1) is 15.6. The van der Waals surface area contributed by atoms with Crippen LogP contribution in [0.1, 0.15) is 27.4 Å². The van der Waals surface area contributed by atoms with Crippen LogP contribution in [0.3, 0.4) is 0 Å². The maximum Gasteiger partial charge on any atom is 0.411 e. The summed E-state index contributed by atoms with van der Waals surface area (Å²) in [6.07, 6.45) is -4.35. The lowest BCUT2D eigenvalue weighted by Crippen LogP contribution is -2.29. The highest BCUT2D eigenvalue weighted by Crippen LogP contribution is 2.20. The monoisotopic (exact) mass is 279 g/mol. The van der Waals surface area contributed by atoms with Crippen LogP contribution in [-0.2, 0) is 4.74 Å². The first-order chi connectivity index (χ1) is 8.72. The minimum atomic E-state index is -4.35. The molecule has 0 aliphatic carbocycles. The van der Waals surface area contributed by atoms with Gasteiger partial charge in [0.25, 0.3) is 5.91 Å². The van der Waals surface area contributed by atoms with Crippen LogP contribution in [-0.4, -0.2) is 31.8 Å². The Kier molecular flexibility index (Phi) is 4.99. The molecule has 0 aliphatic rings. The van der Waals surface area contributed by atoms with Gasteiger partial charge >= 0.3 is 6.18 Å². The van der Waals surface area contributed by atoms with Crippen molar-refractivity contribution in [3.05, 3.63) is 22.6 Å². The summed E-state index contributed by atoms with van der Waals surface area (Å²) in [7, 11) is 0. The lowest BCUT2D eigenvalue weighted by Gasteiger charge is -2.08. The fourth-order valence-corrected chi connectivity index (χ4v) is 1.64. The molecule has 0 saturated carbocycles. The van der Waals surface area contributed by atoms with Crippen molar-refractivity contribution in [2.75, 3.05) is 19.8 Å². The van der Waals surface area contributed by atoms with E-state index in [1.165, 1.54) is 0 Å². The third kappa shape index (κ3) is 4.59. The summed E-state index contributed by atoms with van der Waals surface area (Å²) in [4.78, 5) is 11.8. The Morgan fingerprint density at radius 3 is 2.37 bits per heavy atom. The molecule has 7 heteroatoms. The van der Waals surface area contributed by atoms with Gasteiger partial charge in [-0.2, -0.15) is 13.2 Å². The average Bonchev–Trinajstić information content (AvgIpc) is 2.51. The van der Waals surface area contributed by atoms with E-state index < -0.39 is 12.8 Å². The number of carbonyl (C=O) groups excluding carboxylic acids is 1. The van der Waals surface area contributed by atoms with Gasteiger partial charge in [-0.05, 0) is 20.8 Å². The second-order valence-electron chi connectivity index (χ2n) is 4.14. The maximum atomic E-state index is 11.8. The fraction of sp³-hybridized carbons (Fsp3) is 0.583. The average molecular weight is 279 g/mol. The molecule has 1 aromatic rings. The summed E-state index contributed by atoms with van der Waals surface area (Å²) < 4.78 is 45.1. The number of rotatable bonds is 5. The second kappa shape index (κ2) is 6.10. The van der Waals surface area contributed by atoms with Gasteiger partial charge in [-0.1, -0.05) is 0 Å². The van der Waals surface area contributed by atoms with Crippen molar-refractivity contribution in [1.82, 2.24) is 5.32 Å². The number of ether oxygens (including phenoxy) is 1. The number of aryl methyl sites for hydroxylation is 2. The molecule has 19 heavy (non-hydrogen) atoms. The van der Waals surface area contributed by atoms with Gasteiger partial charge in [-0.25, -0.2) is 0 Å². The van der Waals surface area contributed by atoms with Crippen molar-refractivity contribution in [3.8, 4) is 0 Å². The molecular formula is C12H16F3NO3. The number of nitrogens with one attached hydrogen (secondary N) is 1. The molecule has 1 amide bonds. The molecule has 0 fully saturated rings. The highest BCUT2D eigenvalue weighted by atomic mass is 19.4. The van der Waals surface area contributed by atoms with Gasteiger partial charge < -0.3 is 14.5 Å². The predicted molar refractivity (Wildman–Crippen MR) is 62.1 cm³/mol. The molecule has 0 spiro atoms. The Labute approximate surface area is 108 Å². The minimum Gasteiger partial charge on any atom is -0.466 e. The van der Waals surface area contributed by atoms with Gasteiger partial charge in [0.1, 0.15) is 18.1 Å². The van der Waals surface area contributed by atoms with Crippen LogP contribution in [0.5, 0.6) is 0 Å². The van der Waals surface area contributed by atoms with Crippen molar-refractivity contribution in [3.63, 3.8) is 0 Å². The van der Waals surface area contributed by atoms with Gasteiger partial charge in [-0.15, -0.1) is 0 Å². The van der Waals surface area contributed by atoms with E-state index in [2.05, 4.69) is 10.1 Å². The van der Waals surface area contributed by atoms with Crippen molar-refractivity contribution in [2.45, 2.75) is 26.9 Å². The van der Waals surface area contributed by atoms with E-state index in [0.717, 1.165) is 5.56 Å². The molecule has 0 aromatic carbocycles. The first-order valence-electron chi connectivity index (χ1n) is 5.71. The van der Waals surface area contributed by atoms with E-state index in [1.807, 2.05) is 0 Å². The number of hydrogen-bond donors (Lipinski definition) is 1. The standard InChI is InChI=1S/C12H16F3NO3/c1-7-8(2)19-9(3)10(7)11(17)16-4-5-18-6-12(13,14)15/h4-6H2,1-3H3,(H,16,17). The molecule has 0 radical (unpaired) electrons. The SMILES string of the molecule is Cc1oc(C)c(C(=O)NCCOCC(F)(F)F)c1C. The van der Waals surface area contributed by atoms with Gasteiger partial charge in [0.05, 0.1) is 12.2 Å². The zero-order valence-electron chi connectivity index (χ0n) is 11.0. The van der Waals surface area contributed by atoms with E-state index in [4.69, 9.17) is 4.42 Å². The summed E-state index contributed by atoms with van der Waals surface area (Å²) in [6, 6.07) is 0. The van der Waals surface area contributed by atoms with Gasteiger partial charge in [0.2, 0.25) is 0 Å². The number of halogens is 3. The first-order valence-corrected chi connectivity index (χ1v) is 5.71. The lowest BCUT2D eigenvalue weighted by molar-refractivity contribution is -0.173. The zero-order chi connectivity index (χ0) is 14.6. The largest absolute Gasteiger partial charge is 0.466 e. The van der Waals surface area contributed by atoms with Gasteiger partial charge in [0.15, 0.2) is 0 Å². The molecule has 1 N–H and O–H groups in total.